The molecule has 2 aliphatic heterocycles. The number of ether oxygens (including phenoxy) is 1. The lowest BCUT2D eigenvalue weighted by atomic mass is 9.98. The fourth-order valence-electron chi connectivity index (χ4n) is 4.35. The van der Waals surface area contributed by atoms with Crippen molar-refractivity contribution in [1.29, 1.82) is 0 Å². The van der Waals surface area contributed by atoms with Gasteiger partial charge < -0.3 is 9.64 Å². The van der Waals surface area contributed by atoms with Gasteiger partial charge in [-0.15, -0.1) is 0 Å². The summed E-state index contributed by atoms with van der Waals surface area (Å²) in [6.45, 7) is 5.38. The quantitative estimate of drug-likeness (QED) is 0.647. The summed E-state index contributed by atoms with van der Waals surface area (Å²) in [7, 11) is -2.13. The van der Waals surface area contributed by atoms with Crippen LogP contribution in [0.5, 0.6) is 0 Å². The Hall–Kier alpha value is -1.55. The number of hydrogen-bond donors (Lipinski definition) is 0. The second-order valence-electron chi connectivity index (χ2n) is 8.12. The Morgan fingerprint density at radius 3 is 2.43 bits per heavy atom. The Kier molecular flexibility index (Phi) is 7.84. The molecule has 30 heavy (non-hydrogen) atoms. The molecule has 0 saturated carbocycles. The third-order valence-corrected chi connectivity index (χ3v) is 8.04. The molecule has 1 aromatic carbocycles. The Morgan fingerprint density at radius 2 is 1.80 bits per heavy atom. The van der Waals surface area contributed by atoms with Gasteiger partial charge in [-0.3, -0.25) is 9.69 Å². The number of carbonyl (C=O) groups is 1. The van der Waals surface area contributed by atoms with E-state index in [4.69, 9.17) is 4.74 Å². The van der Waals surface area contributed by atoms with Crippen molar-refractivity contribution in [3.8, 4) is 0 Å². The standard InChI is InChI=1S/C21H32FN3O4S/c1-17(26)24-11-3-4-20(16-24)25(19-9-14-29-15-10-19)13-12-23(2)30(27,28)21-7-5-18(22)6-8-21/h5-8,19-20H,3-4,9-16H2,1-2H3. The minimum Gasteiger partial charge on any atom is -0.381 e. The first-order valence-electron chi connectivity index (χ1n) is 10.6. The molecule has 1 unspecified atom stereocenters. The first kappa shape index (κ1) is 23.1. The van der Waals surface area contributed by atoms with Gasteiger partial charge in [0.15, 0.2) is 0 Å². The van der Waals surface area contributed by atoms with E-state index in [9.17, 15) is 17.6 Å². The van der Waals surface area contributed by atoms with Gasteiger partial charge in [-0.1, -0.05) is 0 Å². The molecule has 0 aromatic heterocycles. The van der Waals surface area contributed by atoms with Crippen LogP contribution in [-0.4, -0.2) is 87.0 Å². The number of benzene rings is 1. The third-order valence-electron chi connectivity index (χ3n) is 6.17. The average molecular weight is 442 g/mol. The van der Waals surface area contributed by atoms with Gasteiger partial charge in [0.05, 0.1) is 4.90 Å². The van der Waals surface area contributed by atoms with E-state index in [1.54, 1.807) is 14.0 Å². The first-order valence-corrected chi connectivity index (χ1v) is 12.0. The van der Waals surface area contributed by atoms with Gasteiger partial charge in [-0.05, 0) is 49.9 Å². The molecule has 0 radical (unpaired) electrons. The summed E-state index contributed by atoms with van der Waals surface area (Å²) in [6.07, 6.45) is 3.76. The fourth-order valence-corrected chi connectivity index (χ4v) is 5.52. The monoisotopic (exact) mass is 441 g/mol. The lowest BCUT2D eigenvalue weighted by Gasteiger charge is -2.44. The van der Waals surface area contributed by atoms with Crippen LogP contribution in [0.15, 0.2) is 29.2 Å². The summed E-state index contributed by atoms with van der Waals surface area (Å²) in [5.41, 5.74) is 0. The second kappa shape index (κ2) is 10.2. The Morgan fingerprint density at radius 1 is 1.13 bits per heavy atom. The third kappa shape index (κ3) is 5.57. The summed E-state index contributed by atoms with van der Waals surface area (Å²) < 4.78 is 45.7. The predicted octanol–water partition coefficient (Wildman–Crippen LogP) is 1.94. The highest BCUT2D eigenvalue weighted by Crippen LogP contribution is 2.24. The molecular formula is C21H32FN3O4S. The van der Waals surface area contributed by atoms with Crippen molar-refractivity contribution in [2.75, 3.05) is 46.4 Å². The summed E-state index contributed by atoms with van der Waals surface area (Å²) >= 11 is 0. The number of piperidine rings is 1. The lowest BCUT2D eigenvalue weighted by Crippen LogP contribution is -2.55. The number of nitrogens with zero attached hydrogens (tertiary/aromatic N) is 3. The second-order valence-corrected chi connectivity index (χ2v) is 10.2. The molecule has 1 amide bonds. The number of sulfonamides is 1. The van der Waals surface area contributed by atoms with Crippen LogP contribution in [-0.2, 0) is 19.6 Å². The molecule has 7 nitrogen and oxygen atoms in total. The summed E-state index contributed by atoms with van der Waals surface area (Å²) in [6, 6.07) is 5.44. The molecule has 0 aliphatic carbocycles. The number of likely N-dealkylation sites (N-methyl/N-ethyl adjacent to an activating group) is 1. The zero-order valence-corrected chi connectivity index (χ0v) is 18.6. The molecule has 3 rings (SSSR count). The molecule has 2 aliphatic rings. The van der Waals surface area contributed by atoms with Crippen molar-refractivity contribution in [3.63, 3.8) is 0 Å². The summed E-state index contributed by atoms with van der Waals surface area (Å²) in [5.74, 6) is -0.378. The van der Waals surface area contributed by atoms with Gasteiger partial charge in [0.1, 0.15) is 5.82 Å². The van der Waals surface area contributed by atoms with Crippen LogP contribution < -0.4 is 0 Å². The van der Waals surface area contributed by atoms with Crippen LogP contribution in [0.2, 0.25) is 0 Å². The number of hydrogen-bond acceptors (Lipinski definition) is 5. The van der Waals surface area contributed by atoms with E-state index in [1.807, 2.05) is 4.90 Å². The Bertz CT molecular complexity index is 812. The lowest BCUT2D eigenvalue weighted by molar-refractivity contribution is -0.131. The number of halogens is 1. The average Bonchev–Trinajstić information content (AvgIpc) is 2.75. The van der Waals surface area contributed by atoms with Crippen LogP contribution in [0.25, 0.3) is 0 Å². The van der Waals surface area contributed by atoms with Gasteiger partial charge >= 0.3 is 0 Å². The Labute approximate surface area is 178 Å². The minimum atomic E-state index is -3.69. The fraction of sp³-hybridized carbons (Fsp3) is 0.667. The van der Waals surface area contributed by atoms with E-state index < -0.39 is 15.8 Å². The zero-order valence-electron chi connectivity index (χ0n) is 17.8. The van der Waals surface area contributed by atoms with Crippen molar-refractivity contribution in [2.45, 2.75) is 49.6 Å². The number of rotatable bonds is 7. The van der Waals surface area contributed by atoms with E-state index in [2.05, 4.69) is 4.90 Å². The van der Waals surface area contributed by atoms with Gasteiger partial charge in [-0.25, -0.2) is 12.8 Å². The van der Waals surface area contributed by atoms with Gasteiger partial charge in [0.25, 0.3) is 0 Å². The number of carbonyl (C=O) groups excluding carboxylic acids is 1. The van der Waals surface area contributed by atoms with Crippen LogP contribution in [0.3, 0.4) is 0 Å². The normalized spacial score (nSPS) is 21.4. The molecule has 9 heteroatoms. The molecule has 2 heterocycles. The summed E-state index contributed by atoms with van der Waals surface area (Å²) in [5, 5.41) is 0. The van der Waals surface area contributed by atoms with Crippen LogP contribution >= 0.6 is 0 Å². The van der Waals surface area contributed by atoms with E-state index in [0.29, 0.717) is 38.9 Å². The van der Waals surface area contributed by atoms with Gasteiger partial charge in [0, 0.05) is 65.4 Å². The van der Waals surface area contributed by atoms with Crippen molar-refractivity contribution in [3.05, 3.63) is 30.1 Å². The Balaban J connectivity index is 1.71. The van der Waals surface area contributed by atoms with Crippen molar-refractivity contribution < 1.29 is 22.3 Å². The maximum Gasteiger partial charge on any atom is 0.242 e. The maximum absolute atomic E-state index is 13.2. The molecule has 2 saturated heterocycles. The van der Waals surface area contributed by atoms with Gasteiger partial charge in [-0.2, -0.15) is 4.31 Å². The number of amides is 1. The van der Waals surface area contributed by atoms with Gasteiger partial charge in [0.2, 0.25) is 15.9 Å². The van der Waals surface area contributed by atoms with E-state index in [1.165, 1.54) is 16.4 Å². The van der Waals surface area contributed by atoms with Crippen LogP contribution in [0, 0.1) is 5.82 Å². The first-order chi connectivity index (χ1) is 14.3. The topological polar surface area (TPSA) is 70.2 Å². The van der Waals surface area contributed by atoms with Crippen molar-refractivity contribution in [1.82, 2.24) is 14.1 Å². The minimum absolute atomic E-state index is 0.0858. The highest BCUT2D eigenvalue weighted by molar-refractivity contribution is 7.89. The number of likely N-dealkylation sites (tertiary alicyclic amines) is 1. The highest BCUT2D eigenvalue weighted by Gasteiger charge is 2.33. The molecule has 0 spiro atoms. The molecule has 2 fully saturated rings. The van der Waals surface area contributed by atoms with E-state index >= 15 is 0 Å². The zero-order chi connectivity index (χ0) is 21.7. The molecule has 1 aromatic rings. The predicted molar refractivity (Wildman–Crippen MR) is 112 cm³/mol. The largest absolute Gasteiger partial charge is 0.381 e. The van der Waals surface area contributed by atoms with Crippen LogP contribution in [0.4, 0.5) is 4.39 Å². The highest BCUT2D eigenvalue weighted by atomic mass is 32.2. The van der Waals surface area contributed by atoms with E-state index in [-0.39, 0.29) is 16.8 Å². The van der Waals surface area contributed by atoms with Crippen molar-refractivity contribution >= 4 is 15.9 Å². The van der Waals surface area contributed by atoms with Crippen LogP contribution in [0.1, 0.15) is 32.6 Å². The molecule has 0 N–H and O–H groups in total. The summed E-state index contributed by atoms with van der Waals surface area (Å²) in [4.78, 5) is 16.3. The molecule has 1 atom stereocenters. The maximum atomic E-state index is 13.2. The molecule has 0 bridgehead atoms. The van der Waals surface area contributed by atoms with E-state index in [0.717, 1.165) is 44.4 Å². The van der Waals surface area contributed by atoms with Crippen molar-refractivity contribution in [2.24, 2.45) is 0 Å². The SMILES string of the molecule is CC(=O)N1CCCC(N(CCN(C)S(=O)(=O)c2ccc(F)cc2)C2CCOCC2)C1. The molecular weight excluding hydrogens is 409 g/mol. The smallest absolute Gasteiger partial charge is 0.242 e. The molecule has 168 valence electrons.